The zero-order valence-corrected chi connectivity index (χ0v) is 15.0. The van der Waals surface area contributed by atoms with Gasteiger partial charge in [0.25, 0.3) is 5.91 Å². The van der Waals surface area contributed by atoms with Gasteiger partial charge < -0.3 is 15.0 Å². The molecule has 140 valence electrons. The lowest BCUT2D eigenvalue weighted by Gasteiger charge is -2.19. The number of hydrogen-bond acceptors (Lipinski definition) is 4. The minimum atomic E-state index is -0.275. The Bertz CT molecular complexity index is 1060. The van der Waals surface area contributed by atoms with E-state index in [1.165, 1.54) is 0 Å². The summed E-state index contributed by atoms with van der Waals surface area (Å²) in [5.41, 5.74) is 2.39. The average molecular weight is 373 g/mol. The van der Waals surface area contributed by atoms with E-state index in [0.29, 0.717) is 23.5 Å². The number of hydrogen-bond donors (Lipinski definition) is 3. The number of aromatic nitrogens is 4. The summed E-state index contributed by atoms with van der Waals surface area (Å²) in [6.07, 6.45) is 5.28. The minimum Gasteiger partial charge on any atom is -0.507 e. The fourth-order valence-corrected chi connectivity index (χ4v) is 3.03. The summed E-state index contributed by atoms with van der Waals surface area (Å²) < 4.78 is 1.92. The molecule has 2 aromatic carbocycles. The van der Waals surface area contributed by atoms with E-state index in [1.807, 2.05) is 41.1 Å². The van der Waals surface area contributed by atoms with Gasteiger partial charge in [0.15, 0.2) is 0 Å². The van der Waals surface area contributed by atoms with Crippen LogP contribution in [0.1, 0.15) is 22.1 Å². The Morgan fingerprint density at radius 3 is 2.68 bits per heavy atom. The van der Waals surface area contributed by atoms with Gasteiger partial charge in [-0.15, -0.1) is 0 Å². The Hall–Kier alpha value is -3.87. The van der Waals surface area contributed by atoms with Crippen LogP contribution in [0.25, 0.3) is 11.3 Å². The monoisotopic (exact) mass is 373 g/mol. The van der Waals surface area contributed by atoms with Gasteiger partial charge in [-0.2, -0.15) is 5.10 Å². The first-order valence-corrected chi connectivity index (χ1v) is 8.86. The molecule has 4 aromatic rings. The van der Waals surface area contributed by atoms with Crippen molar-refractivity contribution >= 4 is 5.91 Å². The Labute approximate surface area is 161 Å². The Morgan fingerprint density at radius 1 is 1.14 bits per heavy atom. The van der Waals surface area contributed by atoms with Crippen LogP contribution in [0.3, 0.4) is 0 Å². The van der Waals surface area contributed by atoms with Crippen molar-refractivity contribution in [2.45, 2.75) is 12.6 Å². The van der Waals surface area contributed by atoms with Crippen molar-refractivity contribution in [1.29, 1.82) is 0 Å². The Morgan fingerprint density at radius 2 is 1.93 bits per heavy atom. The van der Waals surface area contributed by atoms with Gasteiger partial charge >= 0.3 is 0 Å². The highest BCUT2D eigenvalue weighted by Crippen LogP contribution is 2.27. The quantitative estimate of drug-likeness (QED) is 0.484. The van der Waals surface area contributed by atoms with Crippen molar-refractivity contribution in [1.82, 2.24) is 25.1 Å². The smallest absolute Gasteiger partial charge is 0.269 e. The largest absolute Gasteiger partial charge is 0.507 e. The van der Waals surface area contributed by atoms with Crippen molar-refractivity contribution in [2.24, 2.45) is 0 Å². The van der Waals surface area contributed by atoms with Crippen molar-refractivity contribution in [3.05, 3.63) is 90.6 Å². The van der Waals surface area contributed by atoms with Gasteiger partial charge in [-0.1, -0.05) is 42.5 Å². The van der Waals surface area contributed by atoms with Gasteiger partial charge in [0.2, 0.25) is 0 Å². The molecule has 4 rings (SSSR count). The number of benzene rings is 2. The van der Waals surface area contributed by atoms with Crippen LogP contribution in [-0.2, 0) is 6.54 Å². The number of nitrogens with zero attached hydrogens (tertiary/aromatic N) is 3. The molecule has 0 spiro atoms. The molecule has 0 aliphatic carbocycles. The number of amides is 1. The third kappa shape index (κ3) is 3.78. The van der Waals surface area contributed by atoms with Crippen molar-refractivity contribution < 1.29 is 9.90 Å². The van der Waals surface area contributed by atoms with Gasteiger partial charge in [0, 0.05) is 24.5 Å². The molecule has 7 nitrogen and oxygen atoms in total. The third-order valence-corrected chi connectivity index (χ3v) is 4.46. The van der Waals surface area contributed by atoms with Crippen LogP contribution < -0.4 is 5.32 Å². The summed E-state index contributed by atoms with van der Waals surface area (Å²) in [6, 6.07) is 18.0. The second-order valence-electron chi connectivity index (χ2n) is 6.38. The molecule has 1 amide bonds. The number of aromatic amines is 1. The fourth-order valence-electron chi connectivity index (χ4n) is 3.03. The number of carbonyl (C=O) groups is 1. The van der Waals surface area contributed by atoms with Gasteiger partial charge in [-0.25, -0.2) is 4.98 Å². The molecular formula is C21H19N5O2. The van der Waals surface area contributed by atoms with Crippen LogP contribution in [0.15, 0.2) is 79.4 Å². The molecule has 2 aromatic heterocycles. The highest BCUT2D eigenvalue weighted by molar-refractivity contribution is 5.93. The van der Waals surface area contributed by atoms with Crippen LogP contribution >= 0.6 is 0 Å². The molecule has 3 N–H and O–H groups in total. The number of H-pyrrole nitrogens is 1. The van der Waals surface area contributed by atoms with E-state index < -0.39 is 0 Å². The predicted octanol–water partition coefficient (Wildman–Crippen LogP) is 3.15. The molecular weight excluding hydrogens is 354 g/mol. The molecule has 28 heavy (non-hydrogen) atoms. The minimum absolute atomic E-state index is 0.114. The van der Waals surface area contributed by atoms with Crippen molar-refractivity contribution in [3.8, 4) is 17.0 Å². The molecule has 0 saturated carbocycles. The van der Waals surface area contributed by atoms with Gasteiger partial charge in [-0.3, -0.25) is 9.89 Å². The average Bonchev–Trinajstić information content (AvgIpc) is 3.41. The summed E-state index contributed by atoms with van der Waals surface area (Å²) in [5, 5.41) is 20.0. The number of para-hydroxylation sites is 1. The Balaban J connectivity index is 1.55. The Kier molecular flexibility index (Phi) is 4.88. The van der Waals surface area contributed by atoms with Crippen LogP contribution in [0.5, 0.6) is 5.75 Å². The summed E-state index contributed by atoms with van der Waals surface area (Å²) in [4.78, 5) is 16.9. The summed E-state index contributed by atoms with van der Waals surface area (Å²) >= 11 is 0. The molecule has 7 heteroatoms. The number of aromatic hydroxyl groups is 1. The van der Waals surface area contributed by atoms with E-state index >= 15 is 0 Å². The molecule has 1 atom stereocenters. The maximum atomic E-state index is 12.8. The van der Waals surface area contributed by atoms with Gasteiger partial charge in [-0.05, 0) is 23.8 Å². The molecule has 0 aliphatic heterocycles. The first-order valence-electron chi connectivity index (χ1n) is 8.86. The molecule has 2 heterocycles. The van der Waals surface area contributed by atoms with E-state index in [2.05, 4.69) is 20.5 Å². The number of rotatable bonds is 6. The second-order valence-corrected chi connectivity index (χ2v) is 6.38. The summed E-state index contributed by atoms with van der Waals surface area (Å²) in [5.74, 6) is -0.161. The van der Waals surface area contributed by atoms with Gasteiger partial charge in [0.05, 0.1) is 18.1 Å². The summed E-state index contributed by atoms with van der Waals surface area (Å²) in [6.45, 7) is 0.552. The van der Waals surface area contributed by atoms with Crippen molar-refractivity contribution in [3.63, 3.8) is 0 Å². The number of imidazole rings is 1. The normalized spacial score (nSPS) is 11.9. The first-order chi connectivity index (χ1) is 13.7. The maximum absolute atomic E-state index is 12.8. The van der Waals surface area contributed by atoms with Crippen LogP contribution in [0, 0.1) is 0 Å². The standard InChI is InChI=1S/C21H19N5O2/c27-20-9-5-4-8-16(20)17-12-18(25-24-17)21(28)23-19(13-26-11-10-22-14-26)15-6-2-1-3-7-15/h1-12,14,19,27H,13H2,(H,23,28)(H,24,25)/t19-/m0/s1. The zero-order valence-electron chi connectivity index (χ0n) is 15.0. The molecule has 0 unspecified atom stereocenters. The lowest BCUT2D eigenvalue weighted by Crippen LogP contribution is -2.31. The maximum Gasteiger partial charge on any atom is 0.269 e. The molecule has 0 aliphatic rings. The first kappa shape index (κ1) is 17.5. The highest BCUT2D eigenvalue weighted by atomic mass is 16.3. The van der Waals surface area contributed by atoms with Crippen LogP contribution in [0.2, 0.25) is 0 Å². The number of phenolic OH excluding ortho intramolecular Hbond substituents is 1. The SMILES string of the molecule is O=C(N[C@@H](Cn1ccnc1)c1ccccc1)c1cc(-c2ccccc2O)n[nH]1. The molecule has 0 fully saturated rings. The lowest BCUT2D eigenvalue weighted by molar-refractivity contribution is 0.0927. The van der Waals surface area contributed by atoms with E-state index in [9.17, 15) is 9.90 Å². The third-order valence-electron chi connectivity index (χ3n) is 4.46. The highest BCUT2D eigenvalue weighted by Gasteiger charge is 2.19. The number of phenols is 1. The predicted molar refractivity (Wildman–Crippen MR) is 105 cm³/mol. The van der Waals surface area contributed by atoms with Gasteiger partial charge in [0.1, 0.15) is 11.4 Å². The van der Waals surface area contributed by atoms with E-state index in [1.54, 1.807) is 42.9 Å². The lowest BCUT2D eigenvalue weighted by atomic mass is 10.1. The number of nitrogens with one attached hydrogen (secondary N) is 2. The second kappa shape index (κ2) is 7.79. The zero-order chi connectivity index (χ0) is 19.3. The fraction of sp³-hybridized carbons (Fsp3) is 0.0952. The van der Waals surface area contributed by atoms with E-state index in [4.69, 9.17) is 0 Å². The van der Waals surface area contributed by atoms with Crippen LogP contribution in [-0.4, -0.2) is 30.8 Å². The van der Waals surface area contributed by atoms with E-state index in [-0.39, 0.29) is 17.7 Å². The topological polar surface area (TPSA) is 95.8 Å². The van der Waals surface area contributed by atoms with E-state index in [0.717, 1.165) is 5.56 Å². The molecule has 0 radical (unpaired) electrons. The molecule has 0 bridgehead atoms. The van der Waals surface area contributed by atoms with Crippen LogP contribution in [0.4, 0.5) is 0 Å². The summed E-state index contributed by atoms with van der Waals surface area (Å²) in [7, 11) is 0. The van der Waals surface area contributed by atoms with Crippen molar-refractivity contribution in [2.75, 3.05) is 0 Å². The molecule has 0 saturated heterocycles. The number of carbonyl (C=O) groups excluding carboxylic acids is 1.